The summed E-state index contributed by atoms with van der Waals surface area (Å²) in [4.78, 5) is 13.0. The number of hydrogen-bond acceptors (Lipinski definition) is 5. The Labute approximate surface area is 174 Å². The number of rotatable bonds is 6. The predicted molar refractivity (Wildman–Crippen MR) is 113 cm³/mol. The van der Waals surface area contributed by atoms with Crippen LogP contribution in [0.3, 0.4) is 0 Å². The molecule has 8 heteroatoms. The van der Waals surface area contributed by atoms with E-state index in [2.05, 4.69) is 16.0 Å². The molecule has 0 saturated heterocycles. The van der Waals surface area contributed by atoms with E-state index in [0.717, 1.165) is 5.56 Å². The smallest absolute Gasteiger partial charge is 0.255 e. The number of amides is 1. The maximum Gasteiger partial charge on any atom is 0.255 e. The van der Waals surface area contributed by atoms with Gasteiger partial charge in [0.15, 0.2) is 11.7 Å². The quantitative estimate of drug-likeness (QED) is 0.633. The van der Waals surface area contributed by atoms with Crippen LogP contribution >= 0.6 is 12.2 Å². The first-order valence-electron chi connectivity index (χ1n) is 8.85. The summed E-state index contributed by atoms with van der Waals surface area (Å²) in [6.07, 6.45) is 0. The van der Waals surface area contributed by atoms with Gasteiger partial charge >= 0.3 is 0 Å². The van der Waals surface area contributed by atoms with Crippen molar-refractivity contribution in [1.82, 2.24) is 10.6 Å². The normalized spacial score (nSPS) is 15.6. The summed E-state index contributed by atoms with van der Waals surface area (Å²) < 4.78 is 10.4. The standard InChI is InChI=1S/C21H20N4O3S/c1-13-18(20(26)24-15-5-9-16(27-2)10-6-15)19(25-21(29)23-13)14-3-7-17(8-4-14)28-12-11-22/h3-10,19H,12H2,1-2H3,(H,24,26)(H2,23,25,29)/t19-/m0/s1. The molecule has 1 atom stereocenters. The lowest BCUT2D eigenvalue weighted by Crippen LogP contribution is -2.45. The van der Waals surface area contributed by atoms with Crippen LogP contribution < -0.4 is 25.4 Å². The van der Waals surface area contributed by atoms with Crippen molar-refractivity contribution in [2.75, 3.05) is 19.0 Å². The first-order valence-corrected chi connectivity index (χ1v) is 9.26. The molecule has 0 fully saturated rings. The molecule has 0 aliphatic carbocycles. The highest BCUT2D eigenvalue weighted by Crippen LogP contribution is 2.29. The number of nitrogens with zero attached hydrogens (tertiary/aromatic N) is 1. The van der Waals surface area contributed by atoms with Gasteiger partial charge in [0.2, 0.25) is 0 Å². The molecule has 1 aliphatic rings. The highest BCUT2D eigenvalue weighted by Gasteiger charge is 2.30. The molecular weight excluding hydrogens is 388 g/mol. The van der Waals surface area contributed by atoms with E-state index in [4.69, 9.17) is 27.0 Å². The Bertz CT molecular complexity index is 978. The van der Waals surface area contributed by atoms with Crippen molar-refractivity contribution >= 4 is 28.9 Å². The second-order valence-corrected chi connectivity index (χ2v) is 6.68. The number of ether oxygens (including phenoxy) is 2. The van der Waals surface area contributed by atoms with Gasteiger partial charge in [-0.05, 0) is 61.1 Å². The van der Waals surface area contributed by atoms with Gasteiger partial charge in [0.25, 0.3) is 5.91 Å². The first kappa shape index (κ1) is 20.2. The van der Waals surface area contributed by atoms with Crippen molar-refractivity contribution in [1.29, 1.82) is 5.26 Å². The van der Waals surface area contributed by atoms with Gasteiger partial charge in [-0.1, -0.05) is 12.1 Å². The summed E-state index contributed by atoms with van der Waals surface area (Å²) in [6.45, 7) is 1.79. The monoisotopic (exact) mass is 408 g/mol. The van der Waals surface area contributed by atoms with E-state index in [-0.39, 0.29) is 12.5 Å². The fraction of sp³-hybridized carbons (Fsp3) is 0.190. The van der Waals surface area contributed by atoms with Crippen LogP contribution in [0, 0.1) is 11.3 Å². The Hall–Kier alpha value is -3.57. The second-order valence-electron chi connectivity index (χ2n) is 6.27. The number of nitriles is 1. The van der Waals surface area contributed by atoms with Gasteiger partial charge in [0, 0.05) is 11.4 Å². The van der Waals surface area contributed by atoms with Crippen LogP contribution in [0.4, 0.5) is 5.69 Å². The largest absolute Gasteiger partial charge is 0.497 e. The highest BCUT2D eigenvalue weighted by atomic mass is 32.1. The Morgan fingerprint density at radius 2 is 1.83 bits per heavy atom. The summed E-state index contributed by atoms with van der Waals surface area (Å²) >= 11 is 5.28. The minimum atomic E-state index is -0.424. The molecule has 3 N–H and O–H groups in total. The molecule has 0 unspecified atom stereocenters. The number of thiocarbonyl (C=S) groups is 1. The van der Waals surface area contributed by atoms with E-state index in [0.29, 0.717) is 33.6 Å². The Kier molecular flexibility index (Phi) is 6.32. The SMILES string of the molecule is COc1ccc(NC(=O)C2=C(C)NC(=S)N[C@H]2c2ccc(OCC#N)cc2)cc1. The van der Waals surface area contributed by atoms with Gasteiger partial charge in [0.1, 0.15) is 17.6 Å². The summed E-state index contributed by atoms with van der Waals surface area (Å²) in [5.74, 6) is 1.04. The lowest BCUT2D eigenvalue weighted by Gasteiger charge is -2.30. The summed E-state index contributed by atoms with van der Waals surface area (Å²) in [5.41, 5.74) is 2.70. The van der Waals surface area contributed by atoms with E-state index in [1.807, 2.05) is 25.1 Å². The predicted octanol–water partition coefficient (Wildman–Crippen LogP) is 3.03. The molecule has 29 heavy (non-hydrogen) atoms. The zero-order valence-corrected chi connectivity index (χ0v) is 16.8. The average Bonchev–Trinajstić information content (AvgIpc) is 2.72. The van der Waals surface area contributed by atoms with Gasteiger partial charge in [-0.15, -0.1) is 0 Å². The third-order valence-electron chi connectivity index (χ3n) is 4.38. The van der Waals surface area contributed by atoms with Crippen molar-refractivity contribution in [2.24, 2.45) is 0 Å². The molecule has 1 heterocycles. The van der Waals surface area contributed by atoms with Crippen LogP contribution in [-0.4, -0.2) is 24.7 Å². The van der Waals surface area contributed by atoms with Crippen LogP contribution in [0.1, 0.15) is 18.5 Å². The van der Waals surface area contributed by atoms with E-state index < -0.39 is 6.04 Å². The molecule has 3 rings (SSSR count). The molecule has 2 aromatic carbocycles. The average molecular weight is 408 g/mol. The number of carbonyl (C=O) groups excluding carboxylic acids is 1. The number of hydrogen-bond donors (Lipinski definition) is 3. The van der Waals surface area contributed by atoms with Gasteiger partial charge in [-0.2, -0.15) is 5.26 Å². The molecular formula is C21H20N4O3S. The fourth-order valence-corrected chi connectivity index (χ4v) is 3.26. The second kappa shape index (κ2) is 9.08. The number of allylic oxidation sites excluding steroid dienone is 1. The van der Waals surface area contributed by atoms with Crippen molar-refractivity contribution in [3.63, 3.8) is 0 Å². The molecule has 0 aromatic heterocycles. The van der Waals surface area contributed by atoms with Gasteiger partial charge in [-0.25, -0.2) is 0 Å². The van der Waals surface area contributed by atoms with E-state index in [1.54, 1.807) is 43.5 Å². The Balaban J connectivity index is 1.85. The lowest BCUT2D eigenvalue weighted by molar-refractivity contribution is -0.113. The van der Waals surface area contributed by atoms with Crippen LogP contribution in [0.5, 0.6) is 11.5 Å². The number of methoxy groups -OCH3 is 1. The topological polar surface area (TPSA) is 95.4 Å². The van der Waals surface area contributed by atoms with Crippen LogP contribution in [-0.2, 0) is 4.79 Å². The van der Waals surface area contributed by atoms with Crippen LogP contribution in [0.15, 0.2) is 59.8 Å². The van der Waals surface area contributed by atoms with E-state index in [1.165, 1.54) is 0 Å². The molecule has 0 saturated carbocycles. The third kappa shape index (κ3) is 4.83. The maximum absolute atomic E-state index is 13.0. The van der Waals surface area contributed by atoms with Crippen LogP contribution in [0.25, 0.3) is 0 Å². The molecule has 0 radical (unpaired) electrons. The Morgan fingerprint density at radius 3 is 2.45 bits per heavy atom. The third-order valence-corrected chi connectivity index (χ3v) is 4.60. The summed E-state index contributed by atoms with van der Waals surface area (Å²) in [7, 11) is 1.59. The van der Waals surface area contributed by atoms with Gasteiger partial charge < -0.3 is 25.4 Å². The number of benzene rings is 2. The minimum absolute atomic E-state index is 0.0242. The minimum Gasteiger partial charge on any atom is -0.497 e. The molecule has 0 spiro atoms. The first-order chi connectivity index (χ1) is 14.0. The van der Waals surface area contributed by atoms with Crippen molar-refractivity contribution < 1.29 is 14.3 Å². The van der Waals surface area contributed by atoms with Gasteiger partial charge in [-0.3, -0.25) is 4.79 Å². The molecule has 1 aliphatic heterocycles. The molecule has 1 amide bonds. The van der Waals surface area contributed by atoms with Crippen LogP contribution in [0.2, 0.25) is 0 Å². The van der Waals surface area contributed by atoms with E-state index >= 15 is 0 Å². The zero-order chi connectivity index (χ0) is 20.8. The summed E-state index contributed by atoms with van der Waals surface area (Å²) in [6, 6.07) is 15.8. The highest BCUT2D eigenvalue weighted by molar-refractivity contribution is 7.80. The number of nitrogens with one attached hydrogen (secondary N) is 3. The molecule has 2 aromatic rings. The fourth-order valence-electron chi connectivity index (χ4n) is 2.99. The van der Waals surface area contributed by atoms with Gasteiger partial charge in [0.05, 0.1) is 18.7 Å². The zero-order valence-electron chi connectivity index (χ0n) is 16.0. The van der Waals surface area contributed by atoms with Crippen molar-refractivity contribution in [3.05, 3.63) is 65.4 Å². The molecule has 7 nitrogen and oxygen atoms in total. The Morgan fingerprint density at radius 1 is 1.17 bits per heavy atom. The summed E-state index contributed by atoms with van der Waals surface area (Å²) in [5, 5.41) is 18.1. The molecule has 0 bridgehead atoms. The number of anilines is 1. The molecule has 148 valence electrons. The van der Waals surface area contributed by atoms with Crippen molar-refractivity contribution in [2.45, 2.75) is 13.0 Å². The number of carbonyl (C=O) groups is 1. The van der Waals surface area contributed by atoms with Crippen molar-refractivity contribution in [3.8, 4) is 17.6 Å². The maximum atomic E-state index is 13.0. The van der Waals surface area contributed by atoms with E-state index in [9.17, 15) is 4.79 Å². The lowest BCUT2D eigenvalue weighted by atomic mass is 9.95.